The Bertz CT molecular complexity index is 777. The predicted molar refractivity (Wildman–Crippen MR) is 78.3 cm³/mol. The van der Waals surface area contributed by atoms with Crippen LogP contribution < -0.4 is 5.73 Å². The lowest BCUT2D eigenvalue weighted by molar-refractivity contribution is 0.100. The van der Waals surface area contributed by atoms with Crippen molar-refractivity contribution in [1.82, 2.24) is 4.98 Å². The number of aryl methyl sites for hydroxylation is 1. The molecule has 3 rings (SSSR count). The number of carbonyl (C=O) groups excluding carboxylic acids is 1. The van der Waals surface area contributed by atoms with Gasteiger partial charge in [0.25, 0.3) is 5.91 Å². The Labute approximate surface area is 114 Å². The highest BCUT2D eigenvalue weighted by Crippen LogP contribution is 2.32. The Morgan fingerprint density at radius 2 is 2.16 bits per heavy atom. The van der Waals surface area contributed by atoms with E-state index >= 15 is 0 Å². The fourth-order valence-electron chi connectivity index (χ4n) is 2.17. The molecule has 0 aliphatic heterocycles. The molecular weight excluding hydrogens is 256 g/mol. The van der Waals surface area contributed by atoms with Crippen molar-refractivity contribution in [2.45, 2.75) is 6.92 Å². The highest BCUT2D eigenvalue weighted by Gasteiger charge is 2.10. The quantitative estimate of drug-likeness (QED) is 0.774. The van der Waals surface area contributed by atoms with E-state index in [-0.39, 0.29) is 5.91 Å². The number of aromatic nitrogens is 1. The molecule has 1 amide bonds. The zero-order valence-electron chi connectivity index (χ0n) is 10.4. The summed E-state index contributed by atoms with van der Waals surface area (Å²) in [6.07, 6.45) is 1.79. The Morgan fingerprint density at radius 1 is 1.32 bits per heavy atom. The Balaban J connectivity index is 2.24. The molecule has 94 valence electrons. The molecule has 19 heavy (non-hydrogen) atoms. The van der Waals surface area contributed by atoms with Crippen LogP contribution in [0.1, 0.15) is 15.2 Å². The molecule has 0 fully saturated rings. The Kier molecular flexibility index (Phi) is 2.80. The lowest BCUT2D eigenvalue weighted by Crippen LogP contribution is -2.08. The van der Waals surface area contributed by atoms with Gasteiger partial charge in [-0.05, 0) is 41.1 Å². The van der Waals surface area contributed by atoms with Crippen LogP contribution in [0.5, 0.6) is 0 Å². The molecule has 0 atom stereocenters. The van der Waals surface area contributed by atoms with E-state index in [0.29, 0.717) is 4.88 Å². The zero-order valence-corrected chi connectivity index (χ0v) is 11.2. The number of fused-ring (bicyclic) bond motifs is 1. The smallest absolute Gasteiger partial charge is 0.258 e. The molecule has 0 aliphatic carbocycles. The maximum absolute atomic E-state index is 11.2. The number of rotatable bonds is 2. The van der Waals surface area contributed by atoms with E-state index in [2.05, 4.69) is 11.1 Å². The van der Waals surface area contributed by atoms with Crippen molar-refractivity contribution in [3.63, 3.8) is 0 Å². The third kappa shape index (κ3) is 2.00. The molecule has 2 heterocycles. The molecule has 0 bridgehead atoms. The van der Waals surface area contributed by atoms with Gasteiger partial charge in [0, 0.05) is 11.6 Å². The first-order chi connectivity index (χ1) is 9.16. The maximum atomic E-state index is 11.2. The SMILES string of the molecule is Cc1ccc(-c2csc(C(N)=O)c2)c2cccnc12. The number of thiophene rings is 1. The summed E-state index contributed by atoms with van der Waals surface area (Å²) in [5, 5.41) is 3.05. The van der Waals surface area contributed by atoms with Crippen LogP contribution >= 0.6 is 11.3 Å². The molecular formula is C15H12N2OS. The molecule has 0 unspecified atom stereocenters. The van der Waals surface area contributed by atoms with Gasteiger partial charge in [0.1, 0.15) is 0 Å². The van der Waals surface area contributed by atoms with Crippen molar-refractivity contribution in [3.05, 3.63) is 52.3 Å². The van der Waals surface area contributed by atoms with Gasteiger partial charge in [-0.2, -0.15) is 0 Å². The zero-order chi connectivity index (χ0) is 13.4. The van der Waals surface area contributed by atoms with Crippen molar-refractivity contribution in [2.24, 2.45) is 5.73 Å². The van der Waals surface area contributed by atoms with Crippen molar-refractivity contribution in [1.29, 1.82) is 0 Å². The van der Waals surface area contributed by atoms with Crippen LogP contribution in [0.15, 0.2) is 41.9 Å². The van der Waals surface area contributed by atoms with E-state index in [1.165, 1.54) is 11.3 Å². The fourth-order valence-corrected chi connectivity index (χ4v) is 2.93. The fraction of sp³-hybridized carbons (Fsp3) is 0.0667. The summed E-state index contributed by atoms with van der Waals surface area (Å²) in [5.41, 5.74) is 9.53. The van der Waals surface area contributed by atoms with Gasteiger partial charge < -0.3 is 5.73 Å². The van der Waals surface area contributed by atoms with E-state index in [4.69, 9.17) is 5.73 Å². The molecule has 0 saturated carbocycles. The van der Waals surface area contributed by atoms with E-state index in [1.54, 1.807) is 6.20 Å². The summed E-state index contributed by atoms with van der Waals surface area (Å²) < 4.78 is 0. The molecule has 3 nitrogen and oxygen atoms in total. The van der Waals surface area contributed by atoms with Gasteiger partial charge in [0.05, 0.1) is 10.4 Å². The molecule has 0 aliphatic rings. The van der Waals surface area contributed by atoms with E-state index in [1.807, 2.05) is 36.6 Å². The second-order valence-corrected chi connectivity index (χ2v) is 5.30. The van der Waals surface area contributed by atoms with Crippen LogP contribution in [-0.2, 0) is 0 Å². The lowest BCUT2D eigenvalue weighted by Gasteiger charge is -2.06. The van der Waals surface area contributed by atoms with Gasteiger partial charge in [0.15, 0.2) is 0 Å². The van der Waals surface area contributed by atoms with Crippen LogP contribution in [-0.4, -0.2) is 10.9 Å². The van der Waals surface area contributed by atoms with Crippen LogP contribution in [0.3, 0.4) is 0 Å². The summed E-state index contributed by atoms with van der Waals surface area (Å²) in [5.74, 6) is -0.384. The number of hydrogen-bond acceptors (Lipinski definition) is 3. The van der Waals surface area contributed by atoms with Crippen molar-refractivity contribution in [2.75, 3.05) is 0 Å². The van der Waals surface area contributed by atoms with Crippen molar-refractivity contribution < 1.29 is 4.79 Å². The van der Waals surface area contributed by atoms with Crippen molar-refractivity contribution in [3.8, 4) is 11.1 Å². The number of carbonyl (C=O) groups is 1. The maximum Gasteiger partial charge on any atom is 0.258 e. The third-order valence-electron chi connectivity index (χ3n) is 3.12. The minimum absolute atomic E-state index is 0.384. The van der Waals surface area contributed by atoms with Gasteiger partial charge in [-0.3, -0.25) is 9.78 Å². The number of pyridine rings is 1. The van der Waals surface area contributed by atoms with E-state index in [9.17, 15) is 4.79 Å². The Morgan fingerprint density at radius 3 is 2.89 bits per heavy atom. The van der Waals surface area contributed by atoms with Crippen LogP contribution in [0.2, 0.25) is 0 Å². The second kappa shape index (κ2) is 4.48. The molecule has 0 radical (unpaired) electrons. The number of primary amides is 1. The minimum Gasteiger partial charge on any atom is -0.365 e. The summed E-state index contributed by atoms with van der Waals surface area (Å²) in [6, 6.07) is 9.92. The molecule has 1 aromatic carbocycles. The monoisotopic (exact) mass is 268 g/mol. The van der Waals surface area contributed by atoms with E-state index < -0.39 is 0 Å². The average Bonchev–Trinajstić information content (AvgIpc) is 2.89. The van der Waals surface area contributed by atoms with Gasteiger partial charge >= 0.3 is 0 Å². The first kappa shape index (κ1) is 11.9. The highest BCUT2D eigenvalue weighted by molar-refractivity contribution is 7.12. The van der Waals surface area contributed by atoms with E-state index in [0.717, 1.165) is 27.6 Å². The summed E-state index contributed by atoms with van der Waals surface area (Å²) in [7, 11) is 0. The standard InChI is InChI=1S/C15H12N2OS/c1-9-4-5-11(12-3-2-6-17-14(9)12)10-7-13(15(16)18)19-8-10/h2-8H,1H3,(H2,16,18). The van der Waals surface area contributed by atoms with Crippen LogP contribution in [0.4, 0.5) is 0 Å². The highest BCUT2D eigenvalue weighted by atomic mass is 32.1. The lowest BCUT2D eigenvalue weighted by atomic mass is 10.0. The molecule has 2 N–H and O–H groups in total. The predicted octanol–water partition coefficient (Wildman–Crippen LogP) is 3.37. The molecule has 3 aromatic rings. The Hall–Kier alpha value is -2.20. The minimum atomic E-state index is -0.384. The van der Waals surface area contributed by atoms with Crippen LogP contribution in [0, 0.1) is 6.92 Å². The largest absolute Gasteiger partial charge is 0.365 e. The van der Waals surface area contributed by atoms with Crippen LogP contribution in [0.25, 0.3) is 22.0 Å². The molecule has 0 spiro atoms. The number of hydrogen-bond donors (Lipinski definition) is 1. The number of nitrogens with two attached hydrogens (primary N) is 1. The topological polar surface area (TPSA) is 56.0 Å². The second-order valence-electron chi connectivity index (χ2n) is 4.39. The van der Waals surface area contributed by atoms with Gasteiger partial charge in [-0.25, -0.2) is 0 Å². The molecule has 0 saturated heterocycles. The van der Waals surface area contributed by atoms with Gasteiger partial charge in [0.2, 0.25) is 0 Å². The van der Waals surface area contributed by atoms with Crippen molar-refractivity contribution >= 4 is 28.1 Å². The third-order valence-corrected chi connectivity index (χ3v) is 4.07. The first-order valence-corrected chi connectivity index (χ1v) is 6.78. The van der Waals surface area contributed by atoms with Gasteiger partial charge in [-0.1, -0.05) is 18.2 Å². The average molecular weight is 268 g/mol. The number of nitrogens with zero attached hydrogens (tertiary/aromatic N) is 1. The summed E-state index contributed by atoms with van der Waals surface area (Å²) >= 11 is 1.37. The number of amides is 1. The summed E-state index contributed by atoms with van der Waals surface area (Å²) in [4.78, 5) is 16.2. The first-order valence-electron chi connectivity index (χ1n) is 5.90. The normalized spacial score (nSPS) is 10.8. The molecule has 2 aromatic heterocycles. The van der Waals surface area contributed by atoms with Gasteiger partial charge in [-0.15, -0.1) is 11.3 Å². The molecule has 4 heteroatoms. The summed E-state index contributed by atoms with van der Waals surface area (Å²) in [6.45, 7) is 2.04. The number of benzene rings is 1.